The molecule has 0 aliphatic heterocycles. The van der Waals surface area contributed by atoms with Crippen molar-refractivity contribution < 1.29 is 4.74 Å². The van der Waals surface area contributed by atoms with Crippen LogP contribution in [-0.4, -0.2) is 19.7 Å². The Balaban J connectivity index is 2.44. The average molecular weight is 249 g/mol. The molecule has 0 aromatic heterocycles. The first-order chi connectivity index (χ1) is 8.69. The average Bonchev–Trinajstić information content (AvgIpc) is 2.38. The van der Waals surface area contributed by atoms with E-state index in [0.29, 0.717) is 12.0 Å². The molecule has 0 saturated heterocycles. The molecule has 0 spiro atoms. The SMILES string of the molecule is CCNC(CCCc1ccccc1OC)C(C)C. The Labute approximate surface area is 112 Å². The number of methoxy groups -OCH3 is 1. The van der Waals surface area contributed by atoms with Gasteiger partial charge in [-0.1, -0.05) is 39.0 Å². The van der Waals surface area contributed by atoms with Crippen LogP contribution in [-0.2, 0) is 6.42 Å². The molecule has 1 rings (SSSR count). The van der Waals surface area contributed by atoms with Crippen molar-refractivity contribution in [3.05, 3.63) is 29.8 Å². The van der Waals surface area contributed by atoms with Gasteiger partial charge in [0.15, 0.2) is 0 Å². The van der Waals surface area contributed by atoms with Gasteiger partial charge in [-0.25, -0.2) is 0 Å². The first-order valence-corrected chi connectivity index (χ1v) is 7.04. The molecule has 0 aliphatic carbocycles. The second-order valence-electron chi connectivity index (χ2n) is 5.11. The zero-order chi connectivity index (χ0) is 13.4. The van der Waals surface area contributed by atoms with Crippen molar-refractivity contribution in [1.29, 1.82) is 0 Å². The molecular weight excluding hydrogens is 222 g/mol. The van der Waals surface area contributed by atoms with Gasteiger partial charge >= 0.3 is 0 Å². The van der Waals surface area contributed by atoms with Gasteiger partial charge in [0.25, 0.3) is 0 Å². The van der Waals surface area contributed by atoms with Crippen LogP contribution in [0.15, 0.2) is 24.3 Å². The van der Waals surface area contributed by atoms with E-state index >= 15 is 0 Å². The predicted octanol–water partition coefficient (Wildman–Crippen LogP) is 3.65. The minimum atomic E-state index is 0.629. The summed E-state index contributed by atoms with van der Waals surface area (Å²) >= 11 is 0. The van der Waals surface area contributed by atoms with Crippen molar-refractivity contribution in [3.63, 3.8) is 0 Å². The summed E-state index contributed by atoms with van der Waals surface area (Å²) in [5.74, 6) is 1.71. The number of benzene rings is 1. The van der Waals surface area contributed by atoms with Crippen LogP contribution in [0.5, 0.6) is 5.75 Å². The zero-order valence-corrected chi connectivity index (χ0v) is 12.2. The van der Waals surface area contributed by atoms with Crippen molar-refractivity contribution in [2.75, 3.05) is 13.7 Å². The van der Waals surface area contributed by atoms with Gasteiger partial charge in [-0.05, 0) is 43.4 Å². The number of ether oxygens (including phenoxy) is 1. The second-order valence-corrected chi connectivity index (χ2v) is 5.11. The second kappa shape index (κ2) is 8.15. The van der Waals surface area contributed by atoms with Crippen LogP contribution in [0.4, 0.5) is 0 Å². The Morgan fingerprint density at radius 1 is 1.22 bits per heavy atom. The molecule has 2 nitrogen and oxygen atoms in total. The Morgan fingerprint density at radius 3 is 2.56 bits per heavy atom. The number of para-hydroxylation sites is 1. The maximum Gasteiger partial charge on any atom is 0.122 e. The molecule has 0 radical (unpaired) electrons. The molecule has 18 heavy (non-hydrogen) atoms. The van der Waals surface area contributed by atoms with Gasteiger partial charge in [0.05, 0.1) is 7.11 Å². The zero-order valence-electron chi connectivity index (χ0n) is 12.2. The highest BCUT2D eigenvalue weighted by Crippen LogP contribution is 2.20. The Bertz CT molecular complexity index is 336. The van der Waals surface area contributed by atoms with Gasteiger partial charge in [0.2, 0.25) is 0 Å². The maximum atomic E-state index is 5.38. The first kappa shape index (κ1) is 15.0. The van der Waals surface area contributed by atoms with Crippen molar-refractivity contribution in [2.45, 2.75) is 46.1 Å². The van der Waals surface area contributed by atoms with E-state index in [4.69, 9.17) is 4.74 Å². The quantitative estimate of drug-likeness (QED) is 0.759. The molecule has 2 heteroatoms. The lowest BCUT2D eigenvalue weighted by atomic mass is 9.96. The largest absolute Gasteiger partial charge is 0.496 e. The van der Waals surface area contributed by atoms with Crippen LogP contribution >= 0.6 is 0 Å². The van der Waals surface area contributed by atoms with Crippen LogP contribution in [0.2, 0.25) is 0 Å². The Morgan fingerprint density at radius 2 is 1.94 bits per heavy atom. The summed E-state index contributed by atoms with van der Waals surface area (Å²) in [5.41, 5.74) is 1.32. The summed E-state index contributed by atoms with van der Waals surface area (Å²) in [7, 11) is 1.74. The van der Waals surface area contributed by atoms with Crippen molar-refractivity contribution in [2.24, 2.45) is 5.92 Å². The first-order valence-electron chi connectivity index (χ1n) is 7.04. The molecule has 0 fully saturated rings. The molecular formula is C16H27NO. The summed E-state index contributed by atoms with van der Waals surface area (Å²) < 4.78 is 5.38. The molecule has 0 bridgehead atoms. The predicted molar refractivity (Wildman–Crippen MR) is 78.2 cm³/mol. The Kier molecular flexibility index (Phi) is 6.81. The third kappa shape index (κ3) is 4.69. The van der Waals surface area contributed by atoms with Crippen LogP contribution in [0.25, 0.3) is 0 Å². The van der Waals surface area contributed by atoms with E-state index in [-0.39, 0.29) is 0 Å². The van der Waals surface area contributed by atoms with E-state index in [1.807, 2.05) is 12.1 Å². The lowest BCUT2D eigenvalue weighted by Gasteiger charge is -2.21. The van der Waals surface area contributed by atoms with Gasteiger partial charge in [-0.2, -0.15) is 0 Å². The minimum Gasteiger partial charge on any atom is -0.496 e. The van der Waals surface area contributed by atoms with Crippen LogP contribution in [0.1, 0.15) is 39.2 Å². The van der Waals surface area contributed by atoms with Gasteiger partial charge < -0.3 is 10.1 Å². The van der Waals surface area contributed by atoms with E-state index in [2.05, 4.69) is 38.2 Å². The van der Waals surface area contributed by atoms with Crippen LogP contribution in [0, 0.1) is 5.92 Å². The van der Waals surface area contributed by atoms with E-state index in [9.17, 15) is 0 Å². The molecule has 0 heterocycles. The molecule has 1 aromatic rings. The van der Waals surface area contributed by atoms with Gasteiger partial charge in [-0.15, -0.1) is 0 Å². The summed E-state index contributed by atoms with van der Waals surface area (Å²) in [6.07, 6.45) is 3.53. The number of nitrogens with one attached hydrogen (secondary N) is 1. The number of aryl methyl sites for hydroxylation is 1. The number of hydrogen-bond acceptors (Lipinski definition) is 2. The number of rotatable bonds is 8. The highest BCUT2D eigenvalue weighted by Gasteiger charge is 2.11. The topological polar surface area (TPSA) is 21.3 Å². The van der Waals surface area contributed by atoms with E-state index in [0.717, 1.165) is 18.7 Å². The minimum absolute atomic E-state index is 0.629. The van der Waals surface area contributed by atoms with E-state index in [1.54, 1.807) is 7.11 Å². The highest BCUT2D eigenvalue weighted by atomic mass is 16.5. The molecule has 1 N–H and O–H groups in total. The monoisotopic (exact) mass is 249 g/mol. The molecule has 1 aromatic carbocycles. The Hall–Kier alpha value is -1.02. The van der Waals surface area contributed by atoms with Gasteiger partial charge in [-0.3, -0.25) is 0 Å². The summed E-state index contributed by atoms with van der Waals surface area (Å²) in [6, 6.07) is 8.94. The van der Waals surface area contributed by atoms with E-state index < -0.39 is 0 Å². The standard InChI is InChI=1S/C16H27NO/c1-5-17-15(13(2)3)11-8-10-14-9-6-7-12-16(14)18-4/h6-7,9,12-13,15,17H,5,8,10-11H2,1-4H3. The highest BCUT2D eigenvalue weighted by molar-refractivity contribution is 5.33. The van der Waals surface area contributed by atoms with Gasteiger partial charge in [0, 0.05) is 6.04 Å². The van der Waals surface area contributed by atoms with Crippen LogP contribution < -0.4 is 10.1 Å². The third-order valence-electron chi connectivity index (χ3n) is 3.42. The lowest BCUT2D eigenvalue weighted by molar-refractivity contribution is 0.374. The van der Waals surface area contributed by atoms with Crippen LogP contribution in [0.3, 0.4) is 0 Å². The van der Waals surface area contributed by atoms with Crippen molar-refractivity contribution in [3.8, 4) is 5.75 Å². The van der Waals surface area contributed by atoms with Crippen molar-refractivity contribution in [1.82, 2.24) is 5.32 Å². The van der Waals surface area contributed by atoms with Gasteiger partial charge in [0.1, 0.15) is 5.75 Å². The van der Waals surface area contributed by atoms with Crippen molar-refractivity contribution >= 4 is 0 Å². The summed E-state index contributed by atoms with van der Waals surface area (Å²) in [4.78, 5) is 0. The molecule has 102 valence electrons. The molecule has 1 atom stereocenters. The fourth-order valence-corrected chi connectivity index (χ4v) is 2.36. The number of hydrogen-bond donors (Lipinski definition) is 1. The smallest absolute Gasteiger partial charge is 0.122 e. The lowest BCUT2D eigenvalue weighted by Crippen LogP contribution is -2.33. The summed E-state index contributed by atoms with van der Waals surface area (Å²) in [6.45, 7) is 7.81. The molecule has 0 saturated carbocycles. The molecule has 0 amide bonds. The summed E-state index contributed by atoms with van der Waals surface area (Å²) in [5, 5.41) is 3.57. The maximum absolute atomic E-state index is 5.38. The molecule has 0 aliphatic rings. The third-order valence-corrected chi connectivity index (χ3v) is 3.42. The molecule has 1 unspecified atom stereocenters. The fourth-order valence-electron chi connectivity index (χ4n) is 2.36. The normalized spacial score (nSPS) is 12.7. The fraction of sp³-hybridized carbons (Fsp3) is 0.625. The van der Waals surface area contributed by atoms with E-state index in [1.165, 1.54) is 18.4 Å².